The van der Waals surface area contributed by atoms with Crippen molar-refractivity contribution in [2.45, 2.75) is 25.3 Å². The number of hydrogen-bond acceptors (Lipinski definition) is 6. The molecule has 0 bridgehead atoms. The fraction of sp³-hybridized carbons (Fsp3) is 0.450. The number of rotatable bonds is 7. The van der Waals surface area contributed by atoms with Gasteiger partial charge in [0.15, 0.2) is 0 Å². The third kappa shape index (κ3) is 4.51. The van der Waals surface area contributed by atoms with Crippen LogP contribution in [-0.4, -0.2) is 49.5 Å². The van der Waals surface area contributed by atoms with Crippen LogP contribution >= 0.6 is 0 Å². The molecule has 8 heteroatoms. The maximum atomic E-state index is 12.6. The summed E-state index contributed by atoms with van der Waals surface area (Å²) in [5, 5.41) is 14.4. The molecule has 1 amide bonds. The highest BCUT2D eigenvalue weighted by Crippen LogP contribution is 2.31. The maximum absolute atomic E-state index is 12.6. The van der Waals surface area contributed by atoms with E-state index >= 15 is 0 Å². The van der Waals surface area contributed by atoms with E-state index in [-0.39, 0.29) is 23.2 Å². The number of nitrogens with zero attached hydrogens (tertiary/aromatic N) is 3. The van der Waals surface area contributed by atoms with Gasteiger partial charge in [0.25, 0.3) is 11.6 Å². The van der Waals surface area contributed by atoms with Crippen molar-refractivity contribution in [3.8, 4) is 0 Å². The number of hydrogen-bond donors (Lipinski definition) is 1. The second-order valence-corrected chi connectivity index (χ2v) is 7.21. The summed E-state index contributed by atoms with van der Waals surface area (Å²) in [6.07, 6.45) is 4.79. The Morgan fingerprint density at radius 3 is 2.64 bits per heavy atom. The van der Waals surface area contributed by atoms with Gasteiger partial charge in [0, 0.05) is 31.3 Å². The minimum absolute atomic E-state index is 0.0234. The number of furan rings is 1. The van der Waals surface area contributed by atoms with Crippen LogP contribution in [0.1, 0.15) is 41.4 Å². The Morgan fingerprint density at radius 2 is 2.04 bits per heavy atom. The monoisotopic (exact) mass is 386 g/mol. The van der Waals surface area contributed by atoms with Gasteiger partial charge in [-0.25, -0.2) is 0 Å². The molecule has 150 valence electrons. The molecule has 28 heavy (non-hydrogen) atoms. The first kappa shape index (κ1) is 19.9. The van der Waals surface area contributed by atoms with E-state index in [1.807, 2.05) is 30.0 Å². The average Bonchev–Trinajstić information content (AvgIpc) is 3.22. The molecule has 1 saturated heterocycles. The molecule has 0 saturated carbocycles. The summed E-state index contributed by atoms with van der Waals surface area (Å²) in [5.74, 6) is 0.406. The Bertz CT molecular complexity index is 814. The first-order valence-electron chi connectivity index (χ1n) is 9.49. The molecule has 0 spiro atoms. The van der Waals surface area contributed by atoms with Crippen LogP contribution in [0.3, 0.4) is 0 Å². The van der Waals surface area contributed by atoms with E-state index in [0.29, 0.717) is 12.2 Å². The summed E-state index contributed by atoms with van der Waals surface area (Å²) < 4.78 is 5.44. The van der Waals surface area contributed by atoms with Gasteiger partial charge >= 0.3 is 0 Å². The van der Waals surface area contributed by atoms with Crippen molar-refractivity contribution in [1.82, 2.24) is 10.2 Å². The highest BCUT2D eigenvalue weighted by molar-refractivity contribution is 5.95. The van der Waals surface area contributed by atoms with Crippen molar-refractivity contribution in [2.24, 2.45) is 0 Å². The van der Waals surface area contributed by atoms with E-state index in [1.54, 1.807) is 24.5 Å². The summed E-state index contributed by atoms with van der Waals surface area (Å²) >= 11 is 0. The fourth-order valence-electron chi connectivity index (χ4n) is 3.52. The van der Waals surface area contributed by atoms with Crippen LogP contribution in [0.4, 0.5) is 11.4 Å². The number of piperidine rings is 1. The predicted octanol–water partition coefficient (Wildman–Crippen LogP) is 3.21. The number of carbonyl (C=O) groups excluding carboxylic acids is 1. The molecule has 1 N–H and O–H groups in total. The van der Waals surface area contributed by atoms with Gasteiger partial charge in [0.05, 0.1) is 17.2 Å². The highest BCUT2D eigenvalue weighted by atomic mass is 16.6. The number of nitro benzene ring substituents is 1. The number of likely N-dealkylation sites (N-methyl/N-ethyl adjacent to an activating group) is 1. The summed E-state index contributed by atoms with van der Waals surface area (Å²) in [6, 6.07) is 8.25. The second-order valence-electron chi connectivity index (χ2n) is 7.21. The molecule has 1 aliphatic heterocycles. The number of carbonyl (C=O) groups is 1. The van der Waals surface area contributed by atoms with Crippen molar-refractivity contribution in [2.75, 3.05) is 38.6 Å². The SMILES string of the molecule is CN(C)[C@H](CNC(=O)c1ccc(N2CCCCC2)c([N+](=O)[O-])c1)c1ccco1. The highest BCUT2D eigenvalue weighted by Gasteiger charge is 2.24. The summed E-state index contributed by atoms with van der Waals surface area (Å²) in [5.41, 5.74) is 0.845. The number of amides is 1. The molecule has 2 heterocycles. The van der Waals surface area contributed by atoms with E-state index < -0.39 is 4.92 Å². The van der Waals surface area contributed by atoms with Gasteiger partial charge < -0.3 is 14.6 Å². The fourth-order valence-corrected chi connectivity index (χ4v) is 3.52. The Kier molecular flexibility index (Phi) is 6.30. The Balaban J connectivity index is 1.74. The van der Waals surface area contributed by atoms with Crippen molar-refractivity contribution in [1.29, 1.82) is 0 Å². The van der Waals surface area contributed by atoms with Gasteiger partial charge in [-0.2, -0.15) is 0 Å². The molecule has 1 aromatic heterocycles. The van der Waals surface area contributed by atoms with Gasteiger partial charge in [-0.1, -0.05) is 0 Å². The van der Waals surface area contributed by atoms with Crippen LogP contribution in [0.2, 0.25) is 0 Å². The number of nitrogens with one attached hydrogen (secondary N) is 1. The summed E-state index contributed by atoms with van der Waals surface area (Å²) in [7, 11) is 3.80. The van der Waals surface area contributed by atoms with E-state index in [2.05, 4.69) is 5.32 Å². The van der Waals surface area contributed by atoms with Crippen molar-refractivity contribution in [3.63, 3.8) is 0 Å². The molecule has 8 nitrogen and oxygen atoms in total. The molecule has 0 radical (unpaired) electrons. The normalized spacial score (nSPS) is 15.5. The molecule has 1 atom stereocenters. The van der Waals surface area contributed by atoms with Crippen LogP contribution < -0.4 is 10.2 Å². The quantitative estimate of drug-likeness (QED) is 0.580. The molecule has 1 aromatic carbocycles. The van der Waals surface area contributed by atoms with Crippen LogP contribution in [-0.2, 0) is 0 Å². The lowest BCUT2D eigenvalue weighted by Crippen LogP contribution is -2.34. The first-order valence-corrected chi connectivity index (χ1v) is 9.49. The molecule has 0 aliphatic carbocycles. The van der Waals surface area contributed by atoms with Crippen LogP contribution in [0.25, 0.3) is 0 Å². The lowest BCUT2D eigenvalue weighted by Gasteiger charge is -2.28. The van der Waals surface area contributed by atoms with Crippen molar-refractivity contribution < 1.29 is 14.1 Å². The minimum Gasteiger partial charge on any atom is -0.468 e. The van der Waals surface area contributed by atoms with Gasteiger partial charge in [-0.3, -0.25) is 19.8 Å². The largest absolute Gasteiger partial charge is 0.468 e. The van der Waals surface area contributed by atoms with E-state index in [0.717, 1.165) is 38.1 Å². The molecule has 3 rings (SSSR count). The minimum atomic E-state index is -0.411. The molecule has 1 fully saturated rings. The van der Waals surface area contributed by atoms with E-state index in [9.17, 15) is 14.9 Å². The van der Waals surface area contributed by atoms with Gasteiger partial charge in [-0.05, 0) is 57.6 Å². The summed E-state index contributed by atoms with van der Waals surface area (Å²) in [4.78, 5) is 27.8. The third-order valence-corrected chi connectivity index (χ3v) is 5.08. The lowest BCUT2D eigenvalue weighted by molar-refractivity contribution is -0.384. The van der Waals surface area contributed by atoms with E-state index in [4.69, 9.17) is 4.42 Å². The van der Waals surface area contributed by atoms with Gasteiger partial charge in [0.1, 0.15) is 11.4 Å². The van der Waals surface area contributed by atoms with Crippen molar-refractivity contribution >= 4 is 17.3 Å². The smallest absolute Gasteiger partial charge is 0.293 e. The average molecular weight is 386 g/mol. The Hall–Kier alpha value is -2.87. The van der Waals surface area contributed by atoms with E-state index in [1.165, 1.54) is 6.07 Å². The Morgan fingerprint density at radius 1 is 1.29 bits per heavy atom. The first-order chi connectivity index (χ1) is 13.5. The second kappa shape index (κ2) is 8.88. The predicted molar refractivity (Wildman–Crippen MR) is 107 cm³/mol. The van der Waals surface area contributed by atoms with Gasteiger partial charge in [-0.15, -0.1) is 0 Å². The lowest BCUT2D eigenvalue weighted by atomic mass is 10.1. The van der Waals surface area contributed by atoms with Crippen molar-refractivity contribution in [3.05, 3.63) is 58.0 Å². The molecule has 1 aliphatic rings. The number of benzene rings is 1. The topological polar surface area (TPSA) is 91.9 Å². The number of nitro groups is 1. The molecule has 2 aromatic rings. The van der Waals surface area contributed by atoms with Gasteiger partial charge in [0.2, 0.25) is 0 Å². The maximum Gasteiger partial charge on any atom is 0.293 e. The third-order valence-electron chi connectivity index (χ3n) is 5.08. The standard InChI is InChI=1S/C20H26N4O4/c1-22(2)18(19-7-6-12-28-19)14-21-20(25)15-8-9-16(17(13-15)24(26)27)23-10-4-3-5-11-23/h6-9,12-13,18H,3-5,10-11,14H2,1-2H3,(H,21,25)/t18-/m1/s1. The Labute approximate surface area is 164 Å². The zero-order valence-electron chi connectivity index (χ0n) is 16.3. The molecular formula is C20H26N4O4. The zero-order valence-corrected chi connectivity index (χ0v) is 16.3. The number of anilines is 1. The summed E-state index contributed by atoms with van der Waals surface area (Å²) in [6.45, 7) is 1.95. The van der Waals surface area contributed by atoms with Crippen LogP contribution in [0, 0.1) is 10.1 Å². The molecule has 0 unspecified atom stereocenters. The van der Waals surface area contributed by atoms with Crippen LogP contribution in [0.5, 0.6) is 0 Å². The van der Waals surface area contributed by atoms with Crippen LogP contribution in [0.15, 0.2) is 41.0 Å². The zero-order chi connectivity index (χ0) is 20.1. The molecular weight excluding hydrogens is 360 g/mol.